The highest BCUT2D eigenvalue weighted by Crippen LogP contribution is 2.36. The van der Waals surface area contributed by atoms with Gasteiger partial charge in [-0.25, -0.2) is 0 Å². The van der Waals surface area contributed by atoms with Crippen LogP contribution in [-0.2, 0) is 6.54 Å². The van der Waals surface area contributed by atoms with E-state index in [1.165, 1.54) is 0 Å². The van der Waals surface area contributed by atoms with E-state index in [2.05, 4.69) is 11.8 Å². The number of likely N-dealkylation sites (tertiary alicyclic amines) is 1. The van der Waals surface area contributed by atoms with E-state index in [4.69, 9.17) is 15.2 Å². The molecule has 0 amide bonds. The van der Waals surface area contributed by atoms with E-state index in [1.807, 2.05) is 12.1 Å². The first-order valence-electron chi connectivity index (χ1n) is 7.22. The van der Waals surface area contributed by atoms with Crippen molar-refractivity contribution in [1.29, 1.82) is 0 Å². The topological polar surface area (TPSA) is 68.0 Å². The number of nitrogens with two attached hydrogens (primary N) is 1. The van der Waals surface area contributed by atoms with E-state index in [9.17, 15) is 5.11 Å². The fourth-order valence-corrected chi connectivity index (χ4v) is 3.08. The molecule has 0 bridgehead atoms. The zero-order chi connectivity index (χ0) is 14.1. The third kappa shape index (κ3) is 2.43. The lowest BCUT2D eigenvalue weighted by molar-refractivity contribution is 0.134. The maximum atomic E-state index is 9.53. The first-order chi connectivity index (χ1) is 9.69. The zero-order valence-corrected chi connectivity index (χ0v) is 11.8. The molecule has 1 aromatic carbocycles. The highest BCUT2D eigenvalue weighted by molar-refractivity contribution is 5.58. The van der Waals surface area contributed by atoms with Crippen molar-refractivity contribution >= 4 is 5.69 Å². The van der Waals surface area contributed by atoms with Crippen LogP contribution in [0.15, 0.2) is 12.1 Å². The molecule has 0 spiro atoms. The molecule has 0 saturated carbocycles. The summed E-state index contributed by atoms with van der Waals surface area (Å²) in [6.45, 7) is 5.29. The third-order valence-corrected chi connectivity index (χ3v) is 4.36. The molecule has 2 heterocycles. The van der Waals surface area contributed by atoms with E-state index < -0.39 is 0 Å². The standard InChI is InChI=1S/C15H22N2O3/c1-10-2-3-17(13(10)9-18)8-11-6-14-15(7-12(11)16)20-5-4-19-14/h6-7,10,13,18H,2-5,8-9,16H2,1H3. The average Bonchev–Trinajstić information content (AvgIpc) is 2.80. The Morgan fingerprint density at radius 3 is 2.70 bits per heavy atom. The van der Waals surface area contributed by atoms with Crippen molar-refractivity contribution in [3.8, 4) is 11.5 Å². The van der Waals surface area contributed by atoms with Gasteiger partial charge in [0.25, 0.3) is 0 Å². The van der Waals surface area contributed by atoms with Crippen molar-refractivity contribution in [2.24, 2.45) is 5.92 Å². The molecule has 20 heavy (non-hydrogen) atoms. The molecule has 1 saturated heterocycles. The summed E-state index contributed by atoms with van der Waals surface area (Å²) in [5, 5.41) is 9.53. The van der Waals surface area contributed by atoms with E-state index in [0.29, 0.717) is 19.1 Å². The van der Waals surface area contributed by atoms with Gasteiger partial charge in [0.15, 0.2) is 11.5 Å². The van der Waals surface area contributed by atoms with Crippen molar-refractivity contribution in [3.05, 3.63) is 17.7 Å². The summed E-state index contributed by atoms with van der Waals surface area (Å²) in [5.41, 5.74) is 7.89. The number of anilines is 1. The van der Waals surface area contributed by atoms with Gasteiger partial charge in [-0.3, -0.25) is 4.90 Å². The second-order valence-corrected chi connectivity index (χ2v) is 5.68. The minimum Gasteiger partial charge on any atom is -0.486 e. The van der Waals surface area contributed by atoms with Gasteiger partial charge in [0.2, 0.25) is 0 Å². The highest BCUT2D eigenvalue weighted by Gasteiger charge is 2.31. The molecule has 110 valence electrons. The van der Waals surface area contributed by atoms with Crippen LogP contribution in [0, 0.1) is 5.92 Å². The summed E-state index contributed by atoms with van der Waals surface area (Å²) in [6, 6.07) is 4.04. The lowest BCUT2D eigenvalue weighted by Gasteiger charge is -2.26. The Balaban J connectivity index is 1.80. The third-order valence-electron chi connectivity index (χ3n) is 4.36. The summed E-state index contributed by atoms with van der Waals surface area (Å²) in [7, 11) is 0. The fraction of sp³-hybridized carbons (Fsp3) is 0.600. The summed E-state index contributed by atoms with van der Waals surface area (Å²) < 4.78 is 11.1. The number of hydrogen-bond acceptors (Lipinski definition) is 5. The van der Waals surface area contributed by atoms with E-state index in [-0.39, 0.29) is 12.6 Å². The largest absolute Gasteiger partial charge is 0.486 e. The Labute approximate surface area is 119 Å². The molecule has 3 N–H and O–H groups in total. The smallest absolute Gasteiger partial charge is 0.163 e. The van der Waals surface area contributed by atoms with E-state index in [1.54, 1.807) is 0 Å². The molecular formula is C15H22N2O3. The lowest BCUT2D eigenvalue weighted by Crippen LogP contribution is -2.34. The number of aliphatic hydroxyl groups excluding tert-OH is 1. The SMILES string of the molecule is CC1CCN(Cc2cc3c(cc2N)OCCO3)C1CO. The average molecular weight is 278 g/mol. The Bertz CT molecular complexity index is 492. The van der Waals surface area contributed by atoms with Gasteiger partial charge in [-0.05, 0) is 30.5 Å². The number of nitrogens with zero attached hydrogens (tertiary/aromatic N) is 1. The monoisotopic (exact) mass is 278 g/mol. The van der Waals surface area contributed by atoms with Gasteiger partial charge in [0, 0.05) is 24.3 Å². The highest BCUT2D eigenvalue weighted by atomic mass is 16.6. The van der Waals surface area contributed by atoms with Gasteiger partial charge in [-0.1, -0.05) is 6.92 Å². The number of rotatable bonds is 3. The fourth-order valence-electron chi connectivity index (χ4n) is 3.08. The number of hydrogen-bond donors (Lipinski definition) is 2. The van der Waals surface area contributed by atoms with Crippen LogP contribution in [0.2, 0.25) is 0 Å². The lowest BCUT2D eigenvalue weighted by atomic mass is 10.0. The van der Waals surface area contributed by atoms with Crippen LogP contribution >= 0.6 is 0 Å². The van der Waals surface area contributed by atoms with Gasteiger partial charge in [-0.2, -0.15) is 0 Å². The molecule has 2 aliphatic heterocycles. The molecule has 5 heteroatoms. The number of nitrogen functional groups attached to an aromatic ring is 1. The molecule has 1 fully saturated rings. The van der Waals surface area contributed by atoms with Crippen LogP contribution < -0.4 is 15.2 Å². The molecule has 3 rings (SSSR count). The molecular weight excluding hydrogens is 256 g/mol. The minimum atomic E-state index is 0.200. The predicted molar refractivity (Wildman–Crippen MR) is 76.9 cm³/mol. The second-order valence-electron chi connectivity index (χ2n) is 5.68. The minimum absolute atomic E-state index is 0.200. The van der Waals surface area contributed by atoms with Gasteiger partial charge in [-0.15, -0.1) is 0 Å². The van der Waals surface area contributed by atoms with Crippen molar-refractivity contribution in [2.75, 3.05) is 32.1 Å². The van der Waals surface area contributed by atoms with Crippen LogP contribution in [-0.4, -0.2) is 42.4 Å². The number of benzene rings is 1. The van der Waals surface area contributed by atoms with Crippen LogP contribution in [0.4, 0.5) is 5.69 Å². The zero-order valence-electron chi connectivity index (χ0n) is 11.8. The van der Waals surface area contributed by atoms with Gasteiger partial charge in [0.1, 0.15) is 13.2 Å². The molecule has 2 atom stereocenters. The first kappa shape index (κ1) is 13.5. The van der Waals surface area contributed by atoms with Gasteiger partial charge < -0.3 is 20.3 Å². The number of fused-ring (bicyclic) bond motifs is 1. The summed E-state index contributed by atoms with van der Waals surface area (Å²) >= 11 is 0. The molecule has 1 aromatic rings. The van der Waals surface area contributed by atoms with Crippen molar-refractivity contribution in [3.63, 3.8) is 0 Å². The molecule has 0 aromatic heterocycles. The van der Waals surface area contributed by atoms with Crippen LogP contribution in [0.5, 0.6) is 11.5 Å². The predicted octanol–water partition coefficient (Wildman–Crippen LogP) is 1.24. The quantitative estimate of drug-likeness (QED) is 0.814. The maximum Gasteiger partial charge on any atom is 0.163 e. The normalized spacial score (nSPS) is 25.9. The number of aliphatic hydroxyl groups is 1. The Kier molecular flexibility index (Phi) is 3.72. The van der Waals surface area contributed by atoms with Crippen LogP contribution in [0.25, 0.3) is 0 Å². The summed E-state index contributed by atoms with van der Waals surface area (Å²) in [6.07, 6.45) is 1.12. The first-order valence-corrected chi connectivity index (χ1v) is 7.22. The van der Waals surface area contributed by atoms with E-state index in [0.717, 1.165) is 42.3 Å². The molecule has 2 unspecified atom stereocenters. The molecule has 0 aliphatic carbocycles. The van der Waals surface area contributed by atoms with Crippen LogP contribution in [0.3, 0.4) is 0 Å². The number of ether oxygens (including phenoxy) is 2. The summed E-state index contributed by atoms with van der Waals surface area (Å²) in [5.74, 6) is 2.03. The molecule has 5 nitrogen and oxygen atoms in total. The van der Waals surface area contributed by atoms with Gasteiger partial charge in [0.05, 0.1) is 6.61 Å². The maximum absolute atomic E-state index is 9.53. The Morgan fingerprint density at radius 2 is 2.00 bits per heavy atom. The molecule has 2 aliphatic rings. The van der Waals surface area contributed by atoms with Crippen molar-refractivity contribution < 1.29 is 14.6 Å². The second kappa shape index (κ2) is 5.50. The van der Waals surface area contributed by atoms with E-state index >= 15 is 0 Å². The van der Waals surface area contributed by atoms with Crippen molar-refractivity contribution in [2.45, 2.75) is 25.9 Å². The summed E-state index contributed by atoms with van der Waals surface area (Å²) in [4.78, 5) is 2.30. The Morgan fingerprint density at radius 1 is 1.30 bits per heavy atom. The van der Waals surface area contributed by atoms with Crippen molar-refractivity contribution in [1.82, 2.24) is 4.90 Å². The van der Waals surface area contributed by atoms with Crippen LogP contribution in [0.1, 0.15) is 18.9 Å². The Hall–Kier alpha value is -1.46. The molecule has 0 radical (unpaired) electrons. The van der Waals surface area contributed by atoms with Gasteiger partial charge >= 0.3 is 0 Å².